The minimum atomic E-state index is -0.244. The highest BCUT2D eigenvalue weighted by Crippen LogP contribution is 2.41. The van der Waals surface area contributed by atoms with Crippen LogP contribution in [0.2, 0.25) is 0 Å². The fraction of sp³-hybridized carbons (Fsp3) is 0.120. The lowest BCUT2D eigenvalue weighted by Crippen LogP contribution is -2.00. The number of para-hydroxylation sites is 1. The number of aromatic amines is 1. The molecule has 2 aromatic carbocycles. The zero-order valence-electron chi connectivity index (χ0n) is 16.6. The van der Waals surface area contributed by atoms with Crippen molar-refractivity contribution in [3.63, 3.8) is 0 Å². The summed E-state index contributed by atoms with van der Waals surface area (Å²) in [6.07, 6.45) is 0.844. The van der Waals surface area contributed by atoms with E-state index in [4.69, 9.17) is 4.74 Å². The summed E-state index contributed by atoms with van der Waals surface area (Å²) in [5.41, 5.74) is 6.82. The first-order valence-corrected chi connectivity index (χ1v) is 10.4. The minimum absolute atomic E-state index is 0.244. The van der Waals surface area contributed by atoms with Crippen LogP contribution < -0.4 is 0 Å². The molecular formula is C25H20N2O2S. The molecule has 5 heteroatoms. The summed E-state index contributed by atoms with van der Waals surface area (Å²) < 4.78 is 4.73. The first kappa shape index (κ1) is 19.7. The number of nitrogens with zero attached hydrogens (tertiary/aromatic N) is 1. The SMILES string of the molecule is C=C(CCC(=O)OC)c1cccc(-c2[nH]c3ccccc3c2-c2ccsc2C#N)c1. The Hall–Kier alpha value is -3.62. The second kappa shape index (κ2) is 8.40. The number of esters is 1. The van der Waals surface area contributed by atoms with Gasteiger partial charge in [-0.15, -0.1) is 11.3 Å². The summed E-state index contributed by atoms with van der Waals surface area (Å²) in [6, 6.07) is 20.5. The van der Waals surface area contributed by atoms with E-state index in [1.807, 2.05) is 47.8 Å². The molecule has 0 spiro atoms. The predicted molar refractivity (Wildman–Crippen MR) is 122 cm³/mol. The van der Waals surface area contributed by atoms with Gasteiger partial charge in [0.25, 0.3) is 0 Å². The zero-order chi connectivity index (χ0) is 21.1. The highest BCUT2D eigenvalue weighted by molar-refractivity contribution is 7.11. The van der Waals surface area contributed by atoms with Gasteiger partial charge in [-0.05, 0) is 46.7 Å². The molecule has 2 aromatic heterocycles. The van der Waals surface area contributed by atoms with Gasteiger partial charge in [-0.1, -0.05) is 43.0 Å². The monoisotopic (exact) mass is 412 g/mol. The van der Waals surface area contributed by atoms with Crippen LogP contribution in [0.25, 0.3) is 38.9 Å². The summed E-state index contributed by atoms with van der Waals surface area (Å²) >= 11 is 1.45. The number of ether oxygens (including phenoxy) is 1. The third-order valence-electron chi connectivity index (χ3n) is 5.16. The van der Waals surface area contributed by atoms with Crippen molar-refractivity contribution in [3.05, 3.63) is 77.0 Å². The molecule has 4 nitrogen and oxygen atoms in total. The van der Waals surface area contributed by atoms with E-state index in [-0.39, 0.29) is 5.97 Å². The van der Waals surface area contributed by atoms with E-state index in [1.54, 1.807) is 0 Å². The van der Waals surface area contributed by atoms with Gasteiger partial charge in [0.2, 0.25) is 0 Å². The smallest absolute Gasteiger partial charge is 0.305 e. The number of carbonyl (C=O) groups is 1. The Kier molecular flexibility index (Phi) is 5.51. The maximum atomic E-state index is 11.5. The van der Waals surface area contributed by atoms with E-state index >= 15 is 0 Å². The van der Waals surface area contributed by atoms with Crippen LogP contribution in [0.3, 0.4) is 0 Å². The number of hydrogen-bond donors (Lipinski definition) is 1. The maximum absolute atomic E-state index is 11.5. The number of rotatable bonds is 6. The van der Waals surface area contributed by atoms with Crippen molar-refractivity contribution in [2.45, 2.75) is 12.8 Å². The Morgan fingerprint density at radius 1 is 1.17 bits per heavy atom. The van der Waals surface area contributed by atoms with Crippen molar-refractivity contribution >= 4 is 33.8 Å². The molecule has 0 saturated carbocycles. The minimum Gasteiger partial charge on any atom is -0.469 e. The molecule has 0 atom stereocenters. The molecule has 2 heterocycles. The average molecular weight is 413 g/mol. The molecule has 0 aliphatic rings. The highest BCUT2D eigenvalue weighted by atomic mass is 32.1. The lowest BCUT2D eigenvalue weighted by atomic mass is 9.95. The third-order valence-corrected chi connectivity index (χ3v) is 5.98. The van der Waals surface area contributed by atoms with Crippen molar-refractivity contribution in [2.75, 3.05) is 7.11 Å². The van der Waals surface area contributed by atoms with Crippen LogP contribution in [0.5, 0.6) is 0 Å². The zero-order valence-corrected chi connectivity index (χ0v) is 17.4. The van der Waals surface area contributed by atoms with E-state index in [0.717, 1.165) is 44.4 Å². The summed E-state index contributed by atoms with van der Waals surface area (Å²) in [5, 5.41) is 12.6. The number of hydrogen-bond acceptors (Lipinski definition) is 4. The molecule has 0 aliphatic heterocycles. The molecule has 4 rings (SSSR count). The van der Waals surface area contributed by atoms with Crippen LogP contribution in [0.4, 0.5) is 0 Å². The standard InChI is InChI=1S/C25H20N2O2S/c1-16(10-11-23(28)29-2)17-6-5-7-18(14-17)25-24(20-12-13-30-22(20)15-26)19-8-3-4-9-21(19)27-25/h3-9,12-14,27H,1,10-11H2,2H3. The van der Waals surface area contributed by atoms with E-state index < -0.39 is 0 Å². The molecule has 1 N–H and O–H groups in total. The second-order valence-corrected chi connectivity index (χ2v) is 7.87. The van der Waals surface area contributed by atoms with E-state index in [9.17, 15) is 10.1 Å². The molecule has 30 heavy (non-hydrogen) atoms. The summed E-state index contributed by atoms with van der Waals surface area (Å²) in [4.78, 5) is 15.7. The van der Waals surface area contributed by atoms with Gasteiger partial charge in [0, 0.05) is 28.5 Å². The number of thiophene rings is 1. The van der Waals surface area contributed by atoms with Gasteiger partial charge in [-0.3, -0.25) is 4.79 Å². The van der Waals surface area contributed by atoms with Crippen molar-refractivity contribution in [2.24, 2.45) is 0 Å². The molecular weight excluding hydrogens is 392 g/mol. The number of allylic oxidation sites excluding steroid dienone is 1. The molecule has 0 amide bonds. The van der Waals surface area contributed by atoms with Crippen LogP contribution in [0.1, 0.15) is 23.3 Å². The molecule has 0 bridgehead atoms. The molecule has 4 aromatic rings. The van der Waals surface area contributed by atoms with E-state index in [0.29, 0.717) is 17.7 Å². The lowest BCUT2D eigenvalue weighted by Gasteiger charge is -2.09. The maximum Gasteiger partial charge on any atom is 0.305 e. The number of nitriles is 1. The van der Waals surface area contributed by atoms with Gasteiger partial charge < -0.3 is 9.72 Å². The average Bonchev–Trinajstić information content (AvgIpc) is 3.41. The van der Waals surface area contributed by atoms with Crippen LogP contribution >= 0.6 is 11.3 Å². The lowest BCUT2D eigenvalue weighted by molar-refractivity contribution is -0.140. The third kappa shape index (κ3) is 3.66. The van der Waals surface area contributed by atoms with Crippen LogP contribution in [-0.4, -0.2) is 18.1 Å². The molecule has 0 radical (unpaired) electrons. The van der Waals surface area contributed by atoms with Gasteiger partial charge in [0.05, 0.1) is 12.8 Å². The van der Waals surface area contributed by atoms with Gasteiger partial charge in [-0.2, -0.15) is 5.26 Å². The Morgan fingerprint density at radius 3 is 2.80 bits per heavy atom. The number of aromatic nitrogens is 1. The Bertz CT molecular complexity index is 1290. The molecule has 0 aliphatic carbocycles. The van der Waals surface area contributed by atoms with Crippen molar-refractivity contribution in [1.29, 1.82) is 5.26 Å². The van der Waals surface area contributed by atoms with Crippen LogP contribution in [0, 0.1) is 11.3 Å². The highest BCUT2D eigenvalue weighted by Gasteiger charge is 2.18. The van der Waals surface area contributed by atoms with Crippen LogP contribution in [-0.2, 0) is 9.53 Å². The van der Waals surface area contributed by atoms with Gasteiger partial charge in [-0.25, -0.2) is 0 Å². The Labute approximate surface area is 179 Å². The van der Waals surface area contributed by atoms with Crippen molar-refractivity contribution in [1.82, 2.24) is 4.98 Å². The Balaban J connectivity index is 1.81. The van der Waals surface area contributed by atoms with Gasteiger partial charge in [0.1, 0.15) is 10.9 Å². The summed E-state index contributed by atoms with van der Waals surface area (Å²) in [7, 11) is 1.39. The first-order chi connectivity index (χ1) is 14.6. The van der Waals surface area contributed by atoms with E-state index in [1.165, 1.54) is 18.4 Å². The normalized spacial score (nSPS) is 10.7. The van der Waals surface area contributed by atoms with E-state index in [2.05, 4.69) is 29.8 Å². The molecule has 0 saturated heterocycles. The topological polar surface area (TPSA) is 65.9 Å². The quantitative estimate of drug-likeness (QED) is 0.373. The number of fused-ring (bicyclic) bond motifs is 1. The predicted octanol–water partition coefficient (Wildman–Crippen LogP) is 6.40. The molecule has 0 fully saturated rings. The van der Waals surface area contributed by atoms with Gasteiger partial charge in [0.15, 0.2) is 0 Å². The molecule has 148 valence electrons. The fourth-order valence-electron chi connectivity index (χ4n) is 3.62. The van der Waals surface area contributed by atoms with Crippen molar-refractivity contribution in [3.8, 4) is 28.5 Å². The Morgan fingerprint density at radius 2 is 2.00 bits per heavy atom. The fourth-order valence-corrected chi connectivity index (χ4v) is 4.31. The van der Waals surface area contributed by atoms with Crippen LogP contribution in [0.15, 0.2) is 66.6 Å². The number of benzene rings is 2. The second-order valence-electron chi connectivity index (χ2n) is 6.96. The number of H-pyrrole nitrogens is 1. The first-order valence-electron chi connectivity index (χ1n) is 9.56. The molecule has 0 unspecified atom stereocenters. The van der Waals surface area contributed by atoms with Gasteiger partial charge >= 0.3 is 5.97 Å². The summed E-state index contributed by atoms with van der Waals surface area (Å²) in [5.74, 6) is -0.244. The number of methoxy groups -OCH3 is 1. The largest absolute Gasteiger partial charge is 0.469 e. The summed E-state index contributed by atoms with van der Waals surface area (Å²) in [6.45, 7) is 4.15. The van der Waals surface area contributed by atoms with Crippen molar-refractivity contribution < 1.29 is 9.53 Å². The number of carbonyl (C=O) groups excluding carboxylic acids is 1. The number of nitrogens with one attached hydrogen (secondary N) is 1.